The van der Waals surface area contributed by atoms with Crippen LogP contribution in [0, 0.1) is 11.7 Å². The Morgan fingerprint density at radius 2 is 2.18 bits per heavy atom. The summed E-state index contributed by atoms with van der Waals surface area (Å²) in [5.74, 6) is -2.10. The molecule has 0 saturated carbocycles. The zero-order valence-electron chi connectivity index (χ0n) is 9.56. The molecule has 1 atom stereocenters. The van der Waals surface area contributed by atoms with E-state index in [4.69, 9.17) is 14.6 Å². The van der Waals surface area contributed by atoms with Crippen LogP contribution in [0.25, 0.3) is 0 Å². The van der Waals surface area contributed by atoms with Crippen LogP contribution in [0.15, 0.2) is 24.3 Å². The third-order valence-corrected chi connectivity index (χ3v) is 2.30. The molecule has 4 nitrogen and oxygen atoms in total. The minimum atomic E-state index is -0.974. The van der Waals surface area contributed by atoms with E-state index < -0.39 is 17.7 Å². The second-order valence-corrected chi connectivity index (χ2v) is 3.56. The van der Waals surface area contributed by atoms with E-state index >= 15 is 0 Å². The third-order valence-electron chi connectivity index (χ3n) is 2.30. The number of benzene rings is 1. The van der Waals surface area contributed by atoms with Gasteiger partial charge >= 0.3 is 5.97 Å². The number of hydrogen-bond acceptors (Lipinski definition) is 3. The number of para-hydroxylation sites is 1. The first kappa shape index (κ1) is 13.4. The first-order chi connectivity index (χ1) is 8.15. The summed E-state index contributed by atoms with van der Waals surface area (Å²) in [4.78, 5) is 10.9. The molecule has 0 saturated heterocycles. The van der Waals surface area contributed by atoms with E-state index in [-0.39, 0.29) is 12.4 Å². The summed E-state index contributed by atoms with van der Waals surface area (Å²) in [5.41, 5.74) is 0. The average molecular weight is 242 g/mol. The van der Waals surface area contributed by atoms with E-state index in [1.807, 2.05) is 0 Å². The van der Waals surface area contributed by atoms with Crippen molar-refractivity contribution in [2.75, 3.05) is 20.3 Å². The molecular weight excluding hydrogens is 227 g/mol. The Bertz CT molecular complexity index is 367. The number of methoxy groups -OCH3 is 1. The molecule has 17 heavy (non-hydrogen) atoms. The molecule has 1 rings (SSSR count). The maximum absolute atomic E-state index is 13.2. The number of carbonyl (C=O) groups is 1. The van der Waals surface area contributed by atoms with Gasteiger partial charge in [0.1, 0.15) is 6.61 Å². The smallest absolute Gasteiger partial charge is 0.310 e. The number of carboxylic acid groups (broad SMARTS) is 1. The molecule has 0 aliphatic rings. The first-order valence-electron chi connectivity index (χ1n) is 5.24. The van der Waals surface area contributed by atoms with Crippen LogP contribution in [-0.2, 0) is 9.53 Å². The predicted molar refractivity (Wildman–Crippen MR) is 59.5 cm³/mol. The molecule has 1 N–H and O–H groups in total. The van der Waals surface area contributed by atoms with Crippen molar-refractivity contribution in [3.63, 3.8) is 0 Å². The highest BCUT2D eigenvalue weighted by molar-refractivity contribution is 5.70. The molecule has 0 amide bonds. The van der Waals surface area contributed by atoms with Crippen molar-refractivity contribution < 1.29 is 23.8 Å². The van der Waals surface area contributed by atoms with Crippen LogP contribution in [0.4, 0.5) is 4.39 Å². The molecule has 0 radical (unpaired) electrons. The van der Waals surface area contributed by atoms with Gasteiger partial charge in [0.15, 0.2) is 11.6 Å². The van der Waals surface area contributed by atoms with Crippen molar-refractivity contribution in [3.05, 3.63) is 30.1 Å². The van der Waals surface area contributed by atoms with E-state index in [9.17, 15) is 9.18 Å². The van der Waals surface area contributed by atoms with E-state index in [1.165, 1.54) is 19.2 Å². The van der Waals surface area contributed by atoms with Crippen molar-refractivity contribution in [1.29, 1.82) is 0 Å². The number of carboxylic acids is 1. The molecule has 5 heteroatoms. The monoisotopic (exact) mass is 242 g/mol. The highest BCUT2D eigenvalue weighted by Crippen LogP contribution is 2.17. The van der Waals surface area contributed by atoms with E-state index in [0.717, 1.165) is 0 Å². The Kier molecular flexibility index (Phi) is 5.42. The molecule has 0 heterocycles. The van der Waals surface area contributed by atoms with Crippen LogP contribution in [0.2, 0.25) is 0 Å². The summed E-state index contributed by atoms with van der Waals surface area (Å²) in [5, 5.41) is 8.92. The molecule has 1 aromatic carbocycles. The Morgan fingerprint density at radius 1 is 1.47 bits per heavy atom. The van der Waals surface area contributed by atoms with Gasteiger partial charge in [-0.2, -0.15) is 0 Å². The molecule has 1 unspecified atom stereocenters. The highest BCUT2D eigenvalue weighted by atomic mass is 19.1. The molecule has 0 spiro atoms. The van der Waals surface area contributed by atoms with E-state index in [0.29, 0.717) is 13.0 Å². The van der Waals surface area contributed by atoms with Crippen LogP contribution >= 0.6 is 0 Å². The fraction of sp³-hybridized carbons (Fsp3) is 0.417. The SMILES string of the molecule is COCCC(COc1ccccc1F)C(=O)O. The fourth-order valence-corrected chi connectivity index (χ4v) is 1.29. The third kappa shape index (κ3) is 4.40. The summed E-state index contributed by atoms with van der Waals surface area (Å²) in [7, 11) is 1.50. The van der Waals surface area contributed by atoms with Crippen LogP contribution < -0.4 is 4.74 Å². The second kappa shape index (κ2) is 6.85. The number of rotatable bonds is 7. The lowest BCUT2D eigenvalue weighted by atomic mass is 10.1. The zero-order chi connectivity index (χ0) is 12.7. The summed E-state index contributed by atoms with van der Waals surface area (Å²) in [6, 6.07) is 5.90. The Labute approximate surface area is 99.0 Å². The van der Waals surface area contributed by atoms with Crippen LogP contribution in [0.5, 0.6) is 5.75 Å². The number of halogens is 1. The van der Waals surface area contributed by atoms with Crippen molar-refractivity contribution >= 4 is 5.97 Å². The van der Waals surface area contributed by atoms with Gasteiger partial charge in [-0.25, -0.2) is 4.39 Å². The minimum Gasteiger partial charge on any atom is -0.490 e. The van der Waals surface area contributed by atoms with Gasteiger partial charge in [0, 0.05) is 13.7 Å². The quantitative estimate of drug-likeness (QED) is 0.793. The summed E-state index contributed by atoms with van der Waals surface area (Å²) in [6.07, 6.45) is 0.334. The van der Waals surface area contributed by atoms with Crippen molar-refractivity contribution in [2.24, 2.45) is 5.92 Å². The first-order valence-corrected chi connectivity index (χ1v) is 5.24. The van der Waals surface area contributed by atoms with Gasteiger partial charge in [-0.3, -0.25) is 4.79 Å². The number of aliphatic carboxylic acids is 1. The van der Waals surface area contributed by atoms with Crippen LogP contribution in [-0.4, -0.2) is 31.4 Å². The van der Waals surface area contributed by atoms with E-state index in [1.54, 1.807) is 12.1 Å². The molecule has 0 aliphatic heterocycles. The molecule has 1 aromatic rings. The lowest BCUT2D eigenvalue weighted by Gasteiger charge is -2.13. The van der Waals surface area contributed by atoms with Gasteiger partial charge in [-0.1, -0.05) is 12.1 Å². The van der Waals surface area contributed by atoms with Crippen molar-refractivity contribution in [1.82, 2.24) is 0 Å². The maximum Gasteiger partial charge on any atom is 0.310 e. The molecule has 0 aliphatic carbocycles. The van der Waals surface area contributed by atoms with Gasteiger partial charge < -0.3 is 14.6 Å². The van der Waals surface area contributed by atoms with Crippen molar-refractivity contribution in [3.8, 4) is 5.75 Å². The van der Waals surface area contributed by atoms with Crippen LogP contribution in [0.1, 0.15) is 6.42 Å². The van der Waals surface area contributed by atoms with E-state index in [2.05, 4.69) is 0 Å². The maximum atomic E-state index is 13.2. The second-order valence-electron chi connectivity index (χ2n) is 3.56. The topological polar surface area (TPSA) is 55.8 Å². The Morgan fingerprint density at radius 3 is 2.76 bits per heavy atom. The molecular formula is C12H15FO4. The summed E-state index contributed by atoms with van der Waals surface area (Å²) >= 11 is 0. The lowest BCUT2D eigenvalue weighted by molar-refractivity contribution is -0.143. The van der Waals surface area contributed by atoms with Gasteiger partial charge in [0.2, 0.25) is 0 Å². The highest BCUT2D eigenvalue weighted by Gasteiger charge is 2.18. The molecule has 0 aromatic heterocycles. The van der Waals surface area contributed by atoms with Gasteiger partial charge in [0.25, 0.3) is 0 Å². The van der Waals surface area contributed by atoms with Crippen LogP contribution in [0.3, 0.4) is 0 Å². The molecule has 0 fully saturated rings. The standard InChI is InChI=1S/C12H15FO4/c1-16-7-6-9(12(14)15)8-17-11-5-3-2-4-10(11)13/h2-5,9H,6-8H2,1H3,(H,14,15). The Balaban J connectivity index is 2.52. The summed E-state index contributed by atoms with van der Waals surface area (Å²) < 4.78 is 23.1. The largest absolute Gasteiger partial charge is 0.490 e. The molecule has 0 bridgehead atoms. The number of hydrogen-bond donors (Lipinski definition) is 1. The normalized spacial score (nSPS) is 12.1. The summed E-state index contributed by atoms with van der Waals surface area (Å²) in [6.45, 7) is 0.261. The lowest BCUT2D eigenvalue weighted by Crippen LogP contribution is -2.23. The fourth-order valence-electron chi connectivity index (χ4n) is 1.29. The predicted octanol–water partition coefficient (Wildman–Crippen LogP) is 1.94. The van der Waals surface area contributed by atoms with Gasteiger partial charge in [0.05, 0.1) is 5.92 Å². The Hall–Kier alpha value is -1.62. The number of ether oxygens (including phenoxy) is 2. The van der Waals surface area contributed by atoms with Gasteiger partial charge in [-0.15, -0.1) is 0 Å². The minimum absolute atomic E-state index is 0.0659. The molecule has 94 valence electrons. The van der Waals surface area contributed by atoms with Crippen molar-refractivity contribution in [2.45, 2.75) is 6.42 Å². The average Bonchev–Trinajstić information content (AvgIpc) is 2.31. The zero-order valence-corrected chi connectivity index (χ0v) is 9.56. The van der Waals surface area contributed by atoms with Gasteiger partial charge in [-0.05, 0) is 18.6 Å².